The van der Waals surface area contributed by atoms with Gasteiger partial charge in [0.1, 0.15) is 5.75 Å². The van der Waals surface area contributed by atoms with Crippen LogP contribution in [0.3, 0.4) is 0 Å². The largest absolute Gasteiger partial charge is 0.497 e. The first-order valence-corrected chi connectivity index (χ1v) is 9.74. The van der Waals surface area contributed by atoms with Crippen molar-refractivity contribution in [3.63, 3.8) is 0 Å². The predicted octanol–water partition coefficient (Wildman–Crippen LogP) is 3.25. The average Bonchev–Trinajstić information content (AvgIpc) is 3.32. The van der Waals surface area contributed by atoms with Crippen LogP contribution in [0.4, 0.5) is 0 Å². The molecule has 0 unspecified atom stereocenters. The van der Waals surface area contributed by atoms with Crippen LogP contribution in [-0.2, 0) is 6.54 Å². The van der Waals surface area contributed by atoms with Crippen molar-refractivity contribution in [2.75, 3.05) is 20.2 Å². The van der Waals surface area contributed by atoms with Gasteiger partial charge in [0.25, 0.3) is 0 Å². The monoisotopic (exact) mass is 355 g/mol. The molecule has 0 bridgehead atoms. The number of nitrogens with zero attached hydrogens (tertiary/aromatic N) is 3. The second kappa shape index (κ2) is 7.05. The SMILES string of the molecule is CC[C@]1(O)CCC[C@H]2CN(Cc3cc(OC)ccc3-n3cccn3)C[C@H]21. The highest BCUT2D eigenvalue weighted by Crippen LogP contribution is 2.44. The molecular weight excluding hydrogens is 326 g/mol. The quantitative estimate of drug-likeness (QED) is 0.894. The summed E-state index contributed by atoms with van der Waals surface area (Å²) in [7, 11) is 1.71. The molecule has 1 aliphatic heterocycles. The van der Waals surface area contributed by atoms with Crippen LogP contribution in [0.1, 0.15) is 38.2 Å². The van der Waals surface area contributed by atoms with Gasteiger partial charge in [-0.1, -0.05) is 13.3 Å². The third-order valence-electron chi connectivity index (χ3n) is 6.44. The Kier molecular flexibility index (Phi) is 4.76. The molecule has 1 aromatic carbocycles. The van der Waals surface area contributed by atoms with Gasteiger partial charge >= 0.3 is 0 Å². The van der Waals surface area contributed by atoms with Crippen LogP contribution < -0.4 is 4.74 Å². The van der Waals surface area contributed by atoms with E-state index in [0.29, 0.717) is 11.8 Å². The Morgan fingerprint density at radius 1 is 1.35 bits per heavy atom. The predicted molar refractivity (Wildman–Crippen MR) is 101 cm³/mol. The maximum atomic E-state index is 11.1. The highest BCUT2D eigenvalue weighted by Gasteiger charge is 2.47. The first-order valence-electron chi connectivity index (χ1n) is 9.74. The standard InChI is InChI=1S/C21H29N3O2/c1-3-21(25)9-4-6-16-13-23(15-19(16)21)14-17-12-18(26-2)7-8-20(17)24-11-5-10-22-24/h5,7-8,10-12,16,19,25H,3-4,6,9,13-15H2,1-2H3/t16-,19+,21-/m0/s1. The molecule has 0 amide bonds. The van der Waals surface area contributed by atoms with Crippen molar-refractivity contribution < 1.29 is 9.84 Å². The van der Waals surface area contributed by atoms with Crippen molar-refractivity contribution in [1.29, 1.82) is 0 Å². The van der Waals surface area contributed by atoms with Crippen LogP contribution in [0.5, 0.6) is 5.75 Å². The van der Waals surface area contributed by atoms with Crippen LogP contribution in [-0.4, -0.2) is 45.6 Å². The summed E-state index contributed by atoms with van der Waals surface area (Å²) < 4.78 is 7.37. The first-order chi connectivity index (χ1) is 12.6. The topological polar surface area (TPSA) is 50.5 Å². The Labute approximate surface area is 155 Å². The van der Waals surface area contributed by atoms with E-state index in [1.165, 1.54) is 12.0 Å². The van der Waals surface area contributed by atoms with E-state index < -0.39 is 5.60 Å². The smallest absolute Gasteiger partial charge is 0.119 e. The third-order valence-corrected chi connectivity index (χ3v) is 6.44. The van der Waals surface area contributed by atoms with Gasteiger partial charge in [0.2, 0.25) is 0 Å². The summed E-state index contributed by atoms with van der Waals surface area (Å²) in [5.41, 5.74) is 1.83. The van der Waals surface area contributed by atoms with E-state index in [0.717, 1.165) is 50.3 Å². The van der Waals surface area contributed by atoms with Crippen molar-refractivity contribution in [1.82, 2.24) is 14.7 Å². The maximum absolute atomic E-state index is 11.1. The number of aliphatic hydroxyl groups is 1. The second-order valence-electron chi connectivity index (χ2n) is 7.86. The zero-order valence-corrected chi connectivity index (χ0v) is 15.8. The molecule has 3 atom stereocenters. The Bertz CT molecular complexity index is 746. The molecule has 4 rings (SSSR count). The lowest BCUT2D eigenvalue weighted by Gasteiger charge is -2.40. The molecule has 5 nitrogen and oxygen atoms in total. The minimum Gasteiger partial charge on any atom is -0.497 e. The number of likely N-dealkylation sites (tertiary alicyclic amines) is 1. The van der Waals surface area contributed by atoms with Gasteiger partial charge in [-0.25, -0.2) is 4.68 Å². The fourth-order valence-corrected chi connectivity index (χ4v) is 4.98. The van der Waals surface area contributed by atoms with E-state index >= 15 is 0 Å². The summed E-state index contributed by atoms with van der Waals surface area (Å²) in [4.78, 5) is 2.50. The minimum absolute atomic E-state index is 0.403. The number of hydrogen-bond donors (Lipinski definition) is 1. The Morgan fingerprint density at radius 3 is 2.96 bits per heavy atom. The number of ether oxygens (including phenoxy) is 1. The van der Waals surface area contributed by atoms with Crippen molar-refractivity contribution >= 4 is 0 Å². The molecule has 1 N–H and O–H groups in total. The van der Waals surface area contributed by atoms with E-state index in [1.54, 1.807) is 13.3 Å². The molecule has 0 spiro atoms. The molecule has 140 valence electrons. The third kappa shape index (κ3) is 3.14. The van der Waals surface area contributed by atoms with Gasteiger partial charge in [0.15, 0.2) is 0 Å². The normalized spacial score (nSPS) is 28.9. The molecule has 2 aromatic rings. The molecule has 26 heavy (non-hydrogen) atoms. The van der Waals surface area contributed by atoms with Gasteiger partial charge in [-0.2, -0.15) is 5.10 Å². The summed E-state index contributed by atoms with van der Waals surface area (Å²) in [5.74, 6) is 1.89. The zero-order chi connectivity index (χ0) is 18.1. The molecule has 0 radical (unpaired) electrons. The Balaban J connectivity index is 1.58. The lowest BCUT2D eigenvalue weighted by Crippen LogP contribution is -2.44. The number of benzene rings is 1. The summed E-state index contributed by atoms with van der Waals surface area (Å²) in [5, 5.41) is 15.5. The summed E-state index contributed by atoms with van der Waals surface area (Å²) >= 11 is 0. The molecule has 2 aliphatic rings. The van der Waals surface area contributed by atoms with Crippen molar-refractivity contribution in [3.8, 4) is 11.4 Å². The summed E-state index contributed by atoms with van der Waals surface area (Å²) in [6.07, 6.45) is 7.99. The molecule has 1 aliphatic carbocycles. The van der Waals surface area contributed by atoms with Gasteiger partial charge in [-0.3, -0.25) is 4.90 Å². The molecule has 1 saturated carbocycles. The number of hydrogen-bond acceptors (Lipinski definition) is 4. The van der Waals surface area contributed by atoms with Crippen LogP contribution in [0, 0.1) is 11.8 Å². The highest BCUT2D eigenvalue weighted by molar-refractivity contribution is 5.45. The van der Waals surface area contributed by atoms with Crippen LogP contribution in [0.15, 0.2) is 36.7 Å². The second-order valence-corrected chi connectivity index (χ2v) is 7.86. The Hall–Kier alpha value is -1.85. The van der Waals surface area contributed by atoms with Crippen LogP contribution in [0.2, 0.25) is 0 Å². The fraction of sp³-hybridized carbons (Fsp3) is 0.571. The van der Waals surface area contributed by atoms with E-state index in [1.807, 2.05) is 23.0 Å². The van der Waals surface area contributed by atoms with E-state index in [-0.39, 0.29) is 0 Å². The molecule has 2 heterocycles. The van der Waals surface area contributed by atoms with Gasteiger partial charge in [-0.05, 0) is 55.0 Å². The van der Waals surface area contributed by atoms with Gasteiger partial charge in [0, 0.05) is 37.9 Å². The minimum atomic E-state index is -0.475. The summed E-state index contributed by atoms with van der Waals surface area (Å²) in [6.45, 7) is 5.04. The lowest BCUT2D eigenvalue weighted by atomic mass is 9.69. The first kappa shape index (κ1) is 17.6. The summed E-state index contributed by atoms with van der Waals surface area (Å²) in [6, 6.07) is 8.12. The molecule has 1 aromatic heterocycles. The van der Waals surface area contributed by atoms with Crippen molar-refractivity contribution in [3.05, 3.63) is 42.2 Å². The van der Waals surface area contributed by atoms with Crippen LogP contribution in [0.25, 0.3) is 5.69 Å². The number of fused-ring (bicyclic) bond motifs is 1. The van der Waals surface area contributed by atoms with Gasteiger partial charge in [-0.15, -0.1) is 0 Å². The maximum Gasteiger partial charge on any atom is 0.119 e. The molecular formula is C21H29N3O2. The molecule has 5 heteroatoms. The fourth-order valence-electron chi connectivity index (χ4n) is 4.98. The van der Waals surface area contributed by atoms with E-state index in [4.69, 9.17) is 4.74 Å². The lowest BCUT2D eigenvalue weighted by molar-refractivity contribution is -0.0613. The van der Waals surface area contributed by atoms with Crippen molar-refractivity contribution in [2.24, 2.45) is 11.8 Å². The molecule has 2 fully saturated rings. The van der Waals surface area contributed by atoms with Gasteiger partial charge in [0.05, 0.1) is 18.4 Å². The average molecular weight is 355 g/mol. The van der Waals surface area contributed by atoms with Crippen LogP contribution >= 0.6 is 0 Å². The van der Waals surface area contributed by atoms with Gasteiger partial charge < -0.3 is 9.84 Å². The number of aromatic nitrogens is 2. The Morgan fingerprint density at radius 2 is 2.23 bits per heavy atom. The zero-order valence-electron chi connectivity index (χ0n) is 15.8. The number of methoxy groups -OCH3 is 1. The molecule has 1 saturated heterocycles. The number of rotatable bonds is 5. The van der Waals surface area contributed by atoms with Crippen molar-refractivity contribution in [2.45, 2.75) is 44.8 Å². The highest BCUT2D eigenvalue weighted by atomic mass is 16.5. The van der Waals surface area contributed by atoms with E-state index in [9.17, 15) is 5.11 Å². The van der Waals surface area contributed by atoms with E-state index in [2.05, 4.69) is 29.1 Å².